The Morgan fingerprint density at radius 2 is 2.05 bits per heavy atom. The van der Waals surface area contributed by atoms with Gasteiger partial charge in [-0.1, -0.05) is 0 Å². The van der Waals surface area contributed by atoms with Crippen LogP contribution in [-0.4, -0.2) is 31.6 Å². The van der Waals surface area contributed by atoms with Gasteiger partial charge in [-0.2, -0.15) is 0 Å². The molecule has 0 bridgehead atoms. The molecular formula is C14H17BrO5. The van der Waals surface area contributed by atoms with Crippen molar-refractivity contribution >= 4 is 28.2 Å². The highest BCUT2D eigenvalue weighted by atomic mass is 79.9. The summed E-state index contributed by atoms with van der Waals surface area (Å²) in [5.41, 5.74) is 0.455. The molecule has 0 fully saturated rings. The minimum atomic E-state index is -0.771. The van der Waals surface area contributed by atoms with E-state index in [0.29, 0.717) is 34.4 Å². The number of carbonyl (C=O) groups is 2. The molecule has 0 unspecified atom stereocenters. The van der Waals surface area contributed by atoms with Crippen molar-refractivity contribution < 1.29 is 23.8 Å². The van der Waals surface area contributed by atoms with Crippen LogP contribution in [0.15, 0.2) is 16.6 Å². The number of benzene rings is 1. The Morgan fingerprint density at radius 3 is 2.60 bits per heavy atom. The number of esters is 1. The van der Waals surface area contributed by atoms with Crippen LogP contribution in [-0.2, 0) is 9.53 Å². The Balaban J connectivity index is 3.03. The molecule has 1 rings (SSSR count). The van der Waals surface area contributed by atoms with Crippen LogP contribution in [0.3, 0.4) is 0 Å². The van der Waals surface area contributed by atoms with Crippen LogP contribution in [0.2, 0.25) is 0 Å². The van der Waals surface area contributed by atoms with Gasteiger partial charge in [0, 0.05) is 5.56 Å². The summed E-state index contributed by atoms with van der Waals surface area (Å²) in [5.74, 6) is 0.319. The fraction of sp³-hybridized carbons (Fsp3) is 0.429. The van der Waals surface area contributed by atoms with E-state index < -0.39 is 12.1 Å². The van der Waals surface area contributed by atoms with Gasteiger partial charge >= 0.3 is 5.97 Å². The summed E-state index contributed by atoms with van der Waals surface area (Å²) in [6.45, 7) is 5.84. The number of aldehydes is 1. The van der Waals surface area contributed by atoms with Crippen LogP contribution in [0, 0.1) is 0 Å². The van der Waals surface area contributed by atoms with Crippen LogP contribution in [0.25, 0.3) is 0 Å². The third-order valence-corrected chi connectivity index (χ3v) is 2.97. The standard InChI is InChI=1S/C14H17BrO5/c1-4-18-12-7-10(8-16)6-11(15)13(12)20-9(3)14(17)19-5-2/h6-9H,4-5H2,1-3H3/t9-/m1/s1. The topological polar surface area (TPSA) is 61.8 Å². The van der Waals surface area contributed by atoms with E-state index in [2.05, 4.69) is 15.9 Å². The fourth-order valence-corrected chi connectivity index (χ4v) is 2.07. The monoisotopic (exact) mass is 344 g/mol. The third kappa shape index (κ3) is 4.23. The molecule has 5 nitrogen and oxygen atoms in total. The summed E-state index contributed by atoms with van der Waals surface area (Å²) >= 11 is 3.31. The molecule has 1 aromatic carbocycles. The minimum Gasteiger partial charge on any atom is -0.490 e. The van der Waals surface area contributed by atoms with Crippen molar-refractivity contribution in [2.24, 2.45) is 0 Å². The summed E-state index contributed by atoms with van der Waals surface area (Å²) in [6.07, 6.45) is -0.0567. The van der Waals surface area contributed by atoms with E-state index >= 15 is 0 Å². The molecule has 0 aliphatic rings. The van der Waals surface area contributed by atoms with Gasteiger partial charge in [0.2, 0.25) is 0 Å². The number of hydrogen-bond donors (Lipinski definition) is 0. The average molecular weight is 345 g/mol. The van der Waals surface area contributed by atoms with E-state index in [4.69, 9.17) is 14.2 Å². The second-order valence-corrected chi connectivity index (χ2v) is 4.75. The van der Waals surface area contributed by atoms with Gasteiger partial charge in [0.05, 0.1) is 17.7 Å². The van der Waals surface area contributed by atoms with E-state index in [0.717, 1.165) is 0 Å². The fourth-order valence-electron chi connectivity index (χ4n) is 1.52. The molecule has 0 saturated heterocycles. The highest BCUT2D eigenvalue weighted by Crippen LogP contribution is 2.37. The van der Waals surface area contributed by atoms with E-state index in [1.165, 1.54) is 0 Å². The highest BCUT2D eigenvalue weighted by Gasteiger charge is 2.20. The molecule has 0 aliphatic heterocycles. The first kappa shape index (κ1) is 16.5. The molecule has 0 N–H and O–H groups in total. The zero-order valence-corrected chi connectivity index (χ0v) is 13.2. The molecule has 0 spiro atoms. The predicted molar refractivity (Wildman–Crippen MR) is 77.4 cm³/mol. The lowest BCUT2D eigenvalue weighted by Crippen LogP contribution is -2.26. The van der Waals surface area contributed by atoms with Crippen LogP contribution in [0.4, 0.5) is 0 Å². The first-order valence-corrected chi connectivity index (χ1v) is 7.07. The summed E-state index contributed by atoms with van der Waals surface area (Å²) in [7, 11) is 0. The Hall–Kier alpha value is -1.56. The molecule has 1 atom stereocenters. The predicted octanol–water partition coefficient (Wildman–Crippen LogP) is 2.99. The van der Waals surface area contributed by atoms with Gasteiger partial charge in [-0.25, -0.2) is 4.79 Å². The lowest BCUT2D eigenvalue weighted by Gasteiger charge is -2.18. The van der Waals surface area contributed by atoms with E-state index in [9.17, 15) is 9.59 Å². The van der Waals surface area contributed by atoms with Gasteiger partial charge in [-0.15, -0.1) is 0 Å². The zero-order valence-electron chi connectivity index (χ0n) is 11.6. The maximum absolute atomic E-state index is 11.6. The Kier molecular flexibility index (Phi) is 6.51. The van der Waals surface area contributed by atoms with Gasteiger partial charge in [0.15, 0.2) is 17.6 Å². The van der Waals surface area contributed by atoms with Gasteiger partial charge in [0.1, 0.15) is 6.29 Å². The SMILES string of the molecule is CCOC(=O)[C@@H](C)Oc1c(Br)cc(C=O)cc1OCC. The second kappa shape index (κ2) is 7.89. The average Bonchev–Trinajstić information content (AvgIpc) is 2.42. The third-order valence-electron chi connectivity index (χ3n) is 2.38. The molecular weight excluding hydrogens is 328 g/mol. The van der Waals surface area contributed by atoms with Crippen molar-refractivity contribution in [2.75, 3.05) is 13.2 Å². The molecule has 20 heavy (non-hydrogen) atoms. The summed E-state index contributed by atoms with van der Waals surface area (Å²) in [5, 5.41) is 0. The number of halogens is 1. The molecule has 0 aromatic heterocycles. The van der Waals surface area contributed by atoms with E-state index in [1.54, 1.807) is 26.0 Å². The number of carbonyl (C=O) groups excluding carboxylic acids is 2. The lowest BCUT2D eigenvalue weighted by atomic mass is 10.2. The molecule has 6 heteroatoms. The normalized spacial score (nSPS) is 11.6. The first-order chi connectivity index (χ1) is 9.53. The molecule has 0 heterocycles. The largest absolute Gasteiger partial charge is 0.490 e. The maximum atomic E-state index is 11.6. The van der Waals surface area contributed by atoms with Gasteiger partial charge in [-0.05, 0) is 48.8 Å². The Bertz CT molecular complexity index is 487. The second-order valence-electron chi connectivity index (χ2n) is 3.89. The Labute approximate surface area is 126 Å². The molecule has 1 aromatic rings. The van der Waals surface area contributed by atoms with Crippen LogP contribution >= 0.6 is 15.9 Å². The van der Waals surface area contributed by atoms with Crippen molar-refractivity contribution in [3.05, 3.63) is 22.2 Å². The van der Waals surface area contributed by atoms with Crippen molar-refractivity contribution in [3.8, 4) is 11.5 Å². The van der Waals surface area contributed by atoms with Gasteiger partial charge in [0.25, 0.3) is 0 Å². The van der Waals surface area contributed by atoms with Crippen LogP contribution < -0.4 is 9.47 Å². The maximum Gasteiger partial charge on any atom is 0.347 e. The Morgan fingerprint density at radius 1 is 1.35 bits per heavy atom. The van der Waals surface area contributed by atoms with Gasteiger partial charge < -0.3 is 14.2 Å². The molecule has 0 aliphatic carbocycles. The summed E-state index contributed by atoms with van der Waals surface area (Å²) < 4.78 is 16.4. The quantitative estimate of drug-likeness (QED) is 0.562. The molecule has 0 amide bonds. The van der Waals surface area contributed by atoms with E-state index in [-0.39, 0.29) is 6.61 Å². The number of ether oxygens (including phenoxy) is 3. The molecule has 110 valence electrons. The highest BCUT2D eigenvalue weighted by molar-refractivity contribution is 9.10. The van der Waals surface area contributed by atoms with Gasteiger partial charge in [-0.3, -0.25) is 4.79 Å². The summed E-state index contributed by atoms with van der Waals surface area (Å²) in [4.78, 5) is 22.4. The molecule has 0 saturated carbocycles. The van der Waals surface area contributed by atoms with Crippen molar-refractivity contribution in [2.45, 2.75) is 26.9 Å². The lowest BCUT2D eigenvalue weighted by molar-refractivity contribution is -0.150. The first-order valence-electron chi connectivity index (χ1n) is 6.28. The number of rotatable bonds is 7. The van der Waals surface area contributed by atoms with Crippen LogP contribution in [0.5, 0.6) is 11.5 Å². The van der Waals surface area contributed by atoms with E-state index in [1.807, 2.05) is 6.92 Å². The van der Waals surface area contributed by atoms with Crippen molar-refractivity contribution in [3.63, 3.8) is 0 Å². The van der Waals surface area contributed by atoms with Crippen molar-refractivity contribution in [1.82, 2.24) is 0 Å². The summed E-state index contributed by atoms with van der Waals surface area (Å²) in [6, 6.07) is 3.16. The minimum absolute atomic E-state index is 0.288. The zero-order chi connectivity index (χ0) is 15.1. The smallest absolute Gasteiger partial charge is 0.347 e. The number of hydrogen-bond acceptors (Lipinski definition) is 5. The van der Waals surface area contributed by atoms with Crippen LogP contribution in [0.1, 0.15) is 31.1 Å². The van der Waals surface area contributed by atoms with Crippen molar-refractivity contribution in [1.29, 1.82) is 0 Å². The molecule has 0 radical (unpaired) electrons.